The number of ether oxygens (including phenoxy) is 1. The second kappa shape index (κ2) is 4.86. The van der Waals surface area contributed by atoms with Crippen LogP contribution in [0.2, 0.25) is 0 Å². The van der Waals surface area contributed by atoms with Crippen molar-refractivity contribution in [2.45, 2.75) is 12.5 Å². The molecule has 1 atom stereocenters. The number of anilines is 1. The SMILES string of the molecule is Cn1cc(C2(C)CN(c3cccc(F)n3)CCO2)cn1. The molecule has 2 aromatic heterocycles. The minimum atomic E-state index is -0.461. The molecule has 2 aromatic rings. The second-order valence-corrected chi connectivity index (χ2v) is 5.22. The summed E-state index contributed by atoms with van der Waals surface area (Å²) in [6, 6.07) is 4.84. The van der Waals surface area contributed by atoms with E-state index < -0.39 is 11.5 Å². The Morgan fingerprint density at radius 3 is 2.95 bits per heavy atom. The van der Waals surface area contributed by atoms with Crippen LogP contribution in [0, 0.1) is 5.95 Å². The largest absolute Gasteiger partial charge is 0.367 e. The molecule has 0 radical (unpaired) electrons. The second-order valence-electron chi connectivity index (χ2n) is 5.22. The lowest BCUT2D eigenvalue weighted by molar-refractivity contribution is -0.0468. The lowest BCUT2D eigenvalue weighted by Gasteiger charge is -2.40. The molecule has 3 heterocycles. The summed E-state index contributed by atoms with van der Waals surface area (Å²) in [6.07, 6.45) is 3.75. The van der Waals surface area contributed by atoms with Gasteiger partial charge >= 0.3 is 0 Å². The number of rotatable bonds is 2. The van der Waals surface area contributed by atoms with Gasteiger partial charge in [-0.1, -0.05) is 6.07 Å². The van der Waals surface area contributed by atoms with Gasteiger partial charge in [0.15, 0.2) is 0 Å². The van der Waals surface area contributed by atoms with Crippen molar-refractivity contribution in [3.63, 3.8) is 0 Å². The number of nitrogens with zero attached hydrogens (tertiary/aromatic N) is 4. The van der Waals surface area contributed by atoms with E-state index in [0.717, 1.165) is 5.56 Å². The molecule has 0 N–H and O–H groups in total. The predicted octanol–water partition coefficient (Wildman–Crippen LogP) is 1.71. The molecule has 1 aliphatic rings. The highest BCUT2D eigenvalue weighted by Gasteiger charge is 2.35. The van der Waals surface area contributed by atoms with Crippen LogP contribution in [0.25, 0.3) is 0 Å². The standard InChI is InChI=1S/C14H17FN4O/c1-14(11-8-16-18(2)9-11)10-19(6-7-20-14)13-5-3-4-12(15)17-13/h3-5,8-9H,6-7,10H2,1-2H3. The van der Waals surface area contributed by atoms with E-state index in [-0.39, 0.29) is 0 Å². The third-order valence-electron chi connectivity index (χ3n) is 3.61. The average molecular weight is 276 g/mol. The summed E-state index contributed by atoms with van der Waals surface area (Å²) in [6.45, 7) is 3.92. The summed E-state index contributed by atoms with van der Waals surface area (Å²) < 4.78 is 20.9. The van der Waals surface area contributed by atoms with Crippen molar-refractivity contribution < 1.29 is 9.13 Å². The van der Waals surface area contributed by atoms with E-state index in [9.17, 15) is 4.39 Å². The van der Waals surface area contributed by atoms with Gasteiger partial charge < -0.3 is 9.64 Å². The molecule has 1 unspecified atom stereocenters. The van der Waals surface area contributed by atoms with E-state index in [1.807, 2.05) is 37.3 Å². The highest BCUT2D eigenvalue weighted by atomic mass is 19.1. The van der Waals surface area contributed by atoms with Crippen LogP contribution in [0.4, 0.5) is 10.2 Å². The van der Waals surface area contributed by atoms with Crippen molar-refractivity contribution in [2.75, 3.05) is 24.6 Å². The van der Waals surface area contributed by atoms with Crippen molar-refractivity contribution in [3.05, 3.63) is 42.1 Å². The van der Waals surface area contributed by atoms with Crippen molar-refractivity contribution in [1.29, 1.82) is 0 Å². The normalized spacial score (nSPS) is 23.1. The molecule has 0 bridgehead atoms. The summed E-state index contributed by atoms with van der Waals surface area (Å²) in [7, 11) is 1.88. The Morgan fingerprint density at radius 2 is 2.25 bits per heavy atom. The number of aryl methyl sites for hydroxylation is 1. The number of morpholine rings is 1. The first-order valence-corrected chi connectivity index (χ1v) is 6.57. The molecule has 3 rings (SSSR count). The summed E-state index contributed by atoms with van der Waals surface area (Å²) in [5, 5.41) is 4.19. The summed E-state index contributed by atoms with van der Waals surface area (Å²) in [4.78, 5) is 5.99. The van der Waals surface area contributed by atoms with Crippen LogP contribution < -0.4 is 4.90 Å². The molecule has 1 aliphatic heterocycles. The van der Waals surface area contributed by atoms with E-state index in [1.165, 1.54) is 6.07 Å². The third-order valence-corrected chi connectivity index (χ3v) is 3.61. The number of pyridine rings is 1. The van der Waals surface area contributed by atoms with Crippen molar-refractivity contribution in [3.8, 4) is 0 Å². The van der Waals surface area contributed by atoms with Gasteiger partial charge in [-0.05, 0) is 19.1 Å². The van der Waals surface area contributed by atoms with Crippen LogP contribution in [0.5, 0.6) is 0 Å². The van der Waals surface area contributed by atoms with Crippen LogP contribution in [-0.4, -0.2) is 34.5 Å². The summed E-state index contributed by atoms with van der Waals surface area (Å²) >= 11 is 0. The minimum absolute atomic E-state index is 0.458. The average Bonchev–Trinajstić information content (AvgIpc) is 2.86. The van der Waals surface area contributed by atoms with Gasteiger partial charge in [-0.2, -0.15) is 9.49 Å². The topological polar surface area (TPSA) is 43.2 Å². The van der Waals surface area contributed by atoms with E-state index in [0.29, 0.717) is 25.5 Å². The van der Waals surface area contributed by atoms with Crippen LogP contribution in [0.15, 0.2) is 30.6 Å². The number of halogens is 1. The molecule has 1 saturated heterocycles. The van der Waals surface area contributed by atoms with Gasteiger partial charge in [-0.3, -0.25) is 4.68 Å². The summed E-state index contributed by atoms with van der Waals surface area (Å²) in [5.74, 6) is 0.181. The van der Waals surface area contributed by atoms with Gasteiger partial charge in [0.05, 0.1) is 19.3 Å². The van der Waals surface area contributed by atoms with Gasteiger partial charge in [0.25, 0.3) is 0 Å². The molecule has 5 nitrogen and oxygen atoms in total. The predicted molar refractivity (Wildman–Crippen MR) is 72.9 cm³/mol. The molecule has 0 saturated carbocycles. The lowest BCUT2D eigenvalue weighted by Crippen LogP contribution is -2.48. The molecule has 1 fully saturated rings. The lowest BCUT2D eigenvalue weighted by atomic mass is 9.97. The first-order chi connectivity index (χ1) is 9.57. The molecular weight excluding hydrogens is 259 g/mol. The van der Waals surface area contributed by atoms with Crippen LogP contribution in [0.1, 0.15) is 12.5 Å². The molecule has 0 spiro atoms. The van der Waals surface area contributed by atoms with Gasteiger partial charge in [0.2, 0.25) is 5.95 Å². The van der Waals surface area contributed by atoms with Gasteiger partial charge in [-0.25, -0.2) is 4.98 Å². The van der Waals surface area contributed by atoms with E-state index in [4.69, 9.17) is 4.74 Å². The molecule has 0 aliphatic carbocycles. The molecule has 0 aromatic carbocycles. The first kappa shape index (κ1) is 13.1. The zero-order chi connectivity index (χ0) is 14.2. The van der Waals surface area contributed by atoms with E-state index in [2.05, 4.69) is 10.1 Å². The fourth-order valence-corrected chi connectivity index (χ4v) is 2.51. The number of hydrogen-bond donors (Lipinski definition) is 0. The highest BCUT2D eigenvalue weighted by Crippen LogP contribution is 2.30. The van der Waals surface area contributed by atoms with Gasteiger partial charge in [0.1, 0.15) is 11.4 Å². The first-order valence-electron chi connectivity index (χ1n) is 6.57. The molecule has 20 heavy (non-hydrogen) atoms. The minimum Gasteiger partial charge on any atom is -0.367 e. The van der Waals surface area contributed by atoms with Crippen molar-refractivity contribution in [2.24, 2.45) is 7.05 Å². The molecule has 0 amide bonds. The maximum Gasteiger partial charge on any atom is 0.214 e. The fraction of sp³-hybridized carbons (Fsp3) is 0.429. The third kappa shape index (κ3) is 2.38. The number of hydrogen-bond acceptors (Lipinski definition) is 4. The zero-order valence-electron chi connectivity index (χ0n) is 11.6. The van der Waals surface area contributed by atoms with Gasteiger partial charge in [0, 0.05) is 25.4 Å². The fourth-order valence-electron chi connectivity index (χ4n) is 2.51. The Labute approximate surface area is 117 Å². The molecular formula is C14H17FN4O. The Morgan fingerprint density at radius 1 is 1.40 bits per heavy atom. The van der Waals surface area contributed by atoms with E-state index in [1.54, 1.807) is 10.7 Å². The monoisotopic (exact) mass is 276 g/mol. The van der Waals surface area contributed by atoms with E-state index >= 15 is 0 Å². The quantitative estimate of drug-likeness (QED) is 0.783. The molecule has 106 valence electrons. The van der Waals surface area contributed by atoms with Crippen LogP contribution >= 0.6 is 0 Å². The molecule has 6 heteroatoms. The number of aromatic nitrogens is 3. The van der Waals surface area contributed by atoms with Crippen LogP contribution in [0.3, 0.4) is 0 Å². The van der Waals surface area contributed by atoms with Crippen molar-refractivity contribution in [1.82, 2.24) is 14.8 Å². The Hall–Kier alpha value is -1.95. The zero-order valence-corrected chi connectivity index (χ0v) is 11.6. The van der Waals surface area contributed by atoms with Crippen molar-refractivity contribution >= 4 is 5.82 Å². The summed E-state index contributed by atoms with van der Waals surface area (Å²) in [5.41, 5.74) is 0.557. The Kier molecular flexibility index (Phi) is 3.17. The highest BCUT2D eigenvalue weighted by molar-refractivity contribution is 5.40. The maximum atomic E-state index is 13.3. The van der Waals surface area contributed by atoms with Crippen LogP contribution in [-0.2, 0) is 17.4 Å². The maximum absolute atomic E-state index is 13.3. The van der Waals surface area contributed by atoms with Gasteiger partial charge in [-0.15, -0.1) is 0 Å². The Bertz CT molecular complexity index is 615. The smallest absolute Gasteiger partial charge is 0.214 e. The Balaban J connectivity index is 1.86.